The summed E-state index contributed by atoms with van der Waals surface area (Å²) in [5.41, 5.74) is 2.97. The molecule has 0 amide bonds. The molecule has 1 N–H and O–H groups in total. The summed E-state index contributed by atoms with van der Waals surface area (Å²) in [6.07, 6.45) is -0.463. The quantitative estimate of drug-likeness (QED) is 0.868. The van der Waals surface area contributed by atoms with E-state index < -0.39 is 6.10 Å². The molecule has 0 aromatic heterocycles. The van der Waals surface area contributed by atoms with E-state index in [4.69, 9.17) is 9.47 Å². The van der Waals surface area contributed by atoms with Gasteiger partial charge in [-0.15, -0.1) is 0 Å². The Morgan fingerprint density at radius 2 is 1.86 bits per heavy atom. The molecule has 0 saturated heterocycles. The lowest BCUT2D eigenvalue weighted by Crippen LogP contribution is -1.99. The predicted molar refractivity (Wildman–Crippen MR) is 86.8 cm³/mol. The van der Waals surface area contributed by atoms with E-state index in [0.29, 0.717) is 6.61 Å². The van der Waals surface area contributed by atoms with Gasteiger partial charge in [0, 0.05) is 0 Å². The van der Waals surface area contributed by atoms with Crippen molar-refractivity contribution in [1.82, 2.24) is 0 Å². The Balaban J connectivity index is 2.08. The maximum atomic E-state index is 9.57. The summed E-state index contributed by atoms with van der Waals surface area (Å²) in [7, 11) is 1.64. The van der Waals surface area contributed by atoms with E-state index in [2.05, 4.69) is 15.9 Å². The second kappa shape index (κ2) is 6.96. The number of halogens is 1. The molecule has 21 heavy (non-hydrogen) atoms. The van der Waals surface area contributed by atoms with Crippen molar-refractivity contribution in [1.29, 1.82) is 0 Å². The van der Waals surface area contributed by atoms with Crippen LogP contribution in [0.25, 0.3) is 0 Å². The van der Waals surface area contributed by atoms with Crippen LogP contribution in [0.4, 0.5) is 0 Å². The average Bonchev–Trinajstić information content (AvgIpc) is 2.46. The van der Waals surface area contributed by atoms with E-state index in [9.17, 15) is 5.11 Å². The number of hydrogen-bond acceptors (Lipinski definition) is 3. The molecule has 0 spiro atoms. The van der Waals surface area contributed by atoms with Crippen molar-refractivity contribution in [2.75, 3.05) is 7.11 Å². The van der Waals surface area contributed by atoms with Crippen LogP contribution >= 0.6 is 15.9 Å². The number of aryl methyl sites for hydroxylation is 1. The first-order valence-corrected chi connectivity index (χ1v) is 7.54. The second-order valence-corrected chi connectivity index (χ2v) is 5.81. The first-order chi connectivity index (χ1) is 10.0. The summed E-state index contributed by atoms with van der Waals surface area (Å²) in [4.78, 5) is 0. The fraction of sp³-hybridized carbons (Fsp3) is 0.294. The highest BCUT2D eigenvalue weighted by atomic mass is 79.9. The van der Waals surface area contributed by atoms with Gasteiger partial charge < -0.3 is 14.6 Å². The van der Waals surface area contributed by atoms with E-state index >= 15 is 0 Å². The van der Waals surface area contributed by atoms with Crippen molar-refractivity contribution < 1.29 is 14.6 Å². The molecule has 1 atom stereocenters. The molecule has 2 aromatic carbocycles. The van der Waals surface area contributed by atoms with E-state index in [1.54, 1.807) is 14.0 Å². The van der Waals surface area contributed by atoms with E-state index in [0.717, 1.165) is 32.7 Å². The highest BCUT2D eigenvalue weighted by Crippen LogP contribution is 2.27. The summed E-state index contributed by atoms with van der Waals surface area (Å²) in [5, 5.41) is 9.57. The molecule has 3 nitrogen and oxygen atoms in total. The van der Waals surface area contributed by atoms with Gasteiger partial charge in [-0.3, -0.25) is 0 Å². The molecule has 0 aliphatic rings. The van der Waals surface area contributed by atoms with Crippen molar-refractivity contribution in [2.45, 2.75) is 26.6 Å². The monoisotopic (exact) mass is 350 g/mol. The predicted octanol–water partition coefficient (Wildman–Crippen LogP) is 4.40. The fourth-order valence-electron chi connectivity index (χ4n) is 2.06. The maximum Gasteiger partial charge on any atom is 0.133 e. The SMILES string of the molecule is COc1ccc(COc2ccc(C(C)O)cc2C)cc1Br. The summed E-state index contributed by atoms with van der Waals surface area (Å²) in [6.45, 7) is 4.22. The molecule has 2 rings (SSSR count). The number of methoxy groups -OCH3 is 1. The molecule has 0 aliphatic heterocycles. The first kappa shape index (κ1) is 15.9. The number of hydrogen-bond donors (Lipinski definition) is 1. The molecule has 0 aliphatic carbocycles. The molecule has 112 valence electrons. The van der Waals surface area contributed by atoms with Crippen LogP contribution < -0.4 is 9.47 Å². The van der Waals surface area contributed by atoms with Crippen LogP contribution in [0.3, 0.4) is 0 Å². The lowest BCUT2D eigenvalue weighted by molar-refractivity contribution is 0.199. The molecule has 0 fully saturated rings. The standard InChI is InChI=1S/C17H19BrO3/c1-11-8-14(12(2)19)5-7-16(11)21-10-13-4-6-17(20-3)15(18)9-13/h4-9,12,19H,10H2,1-3H3. The van der Waals surface area contributed by atoms with Crippen molar-refractivity contribution >= 4 is 15.9 Å². The number of benzene rings is 2. The smallest absolute Gasteiger partial charge is 0.133 e. The Morgan fingerprint density at radius 3 is 2.43 bits per heavy atom. The number of aliphatic hydroxyl groups is 1. The summed E-state index contributed by atoms with van der Waals surface area (Å²) >= 11 is 3.47. The Hall–Kier alpha value is -1.52. The van der Waals surface area contributed by atoms with Crippen molar-refractivity contribution in [2.24, 2.45) is 0 Å². The minimum atomic E-state index is -0.463. The molecule has 1 unspecified atom stereocenters. The van der Waals surface area contributed by atoms with E-state index in [1.807, 2.05) is 43.3 Å². The lowest BCUT2D eigenvalue weighted by atomic mass is 10.1. The third kappa shape index (κ3) is 3.99. The first-order valence-electron chi connectivity index (χ1n) is 6.75. The number of rotatable bonds is 5. The molecule has 0 saturated carbocycles. The Labute approximate surface area is 133 Å². The van der Waals surface area contributed by atoms with Gasteiger partial charge in [-0.25, -0.2) is 0 Å². The van der Waals surface area contributed by atoms with E-state index in [1.165, 1.54) is 0 Å². The second-order valence-electron chi connectivity index (χ2n) is 4.96. The van der Waals surface area contributed by atoms with Gasteiger partial charge in [-0.1, -0.05) is 12.1 Å². The number of ether oxygens (including phenoxy) is 2. The Bertz CT molecular complexity index is 623. The van der Waals surface area contributed by atoms with Gasteiger partial charge >= 0.3 is 0 Å². The van der Waals surface area contributed by atoms with Crippen molar-refractivity contribution in [3.8, 4) is 11.5 Å². The molecule has 4 heteroatoms. The zero-order valence-electron chi connectivity index (χ0n) is 12.4. The molecular formula is C17H19BrO3. The van der Waals surface area contributed by atoms with Crippen LogP contribution in [0.15, 0.2) is 40.9 Å². The zero-order chi connectivity index (χ0) is 15.4. The van der Waals surface area contributed by atoms with Crippen molar-refractivity contribution in [3.63, 3.8) is 0 Å². The molecule has 2 aromatic rings. The summed E-state index contributed by atoms with van der Waals surface area (Å²) in [5.74, 6) is 1.63. The highest BCUT2D eigenvalue weighted by Gasteiger charge is 2.06. The normalized spacial score (nSPS) is 12.0. The van der Waals surface area contributed by atoms with Crippen LogP contribution in [0.1, 0.15) is 29.7 Å². The van der Waals surface area contributed by atoms with Gasteiger partial charge in [-0.05, 0) is 70.7 Å². The minimum absolute atomic E-state index is 0.463. The third-order valence-electron chi connectivity index (χ3n) is 3.29. The van der Waals surface area contributed by atoms with Crippen molar-refractivity contribution in [3.05, 3.63) is 57.6 Å². The fourth-order valence-corrected chi connectivity index (χ4v) is 2.64. The Kier molecular flexibility index (Phi) is 5.26. The number of aliphatic hydroxyl groups excluding tert-OH is 1. The Morgan fingerprint density at radius 1 is 1.14 bits per heavy atom. The van der Waals surface area contributed by atoms with Crippen LogP contribution in [0.2, 0.25) is 0 Å². The van der Waals surface area contributed by atoms with Crippen LogP contribution in [0.5, 0.6) is 11.5 Å². The van der Waals surface area contributed by atoms with Crippen LogP contribution in [0, 0.1) is 6.92 Å². The van der Waals surface area contributed by atoms with E-state index in [-0.39, 0.29) is 0 Å². The molecular weight excluding hydrogens is 332 g/mol. The summed E-state index contributed by atoms with van der Waals surface area (Å²) in [6, 6.07) is 11.6. The lowest BCUT2D eigenvalue weighted by Gasteiger charge is -2.12. The average molecular weight is 351 g/mol. The maximum absolute atomic E-state index is 9.57. The van der Waals surface area contributed by atoms with Gasteiger partial charge in [0.2, 0.25) is 0 Å². The molecule has 0 radical (unpaired) electrons. The largest absolute Gasteiger partial charge is 0.496 e. The van der Waals surface area contributed by atoms with Gasteiger partial charge in [0.25, 0.3) is 0 Å². The third-order valence-corrected chi connectivity index (χ3v) is 3.91. The minimum Gasteiger partial charge on any atom is -0.496 e. The van der Waals surface area contributed by atoms with Gasteiger partial charge in [0.05, 0.1) is 17.7 Å². The summed E-state index contributed by atoms with van der Waals surface area (Å²) < 4.78 is 12.0. The topological polar surface area (TPSA) is 38.7 Å². The van der Waals surface area contributed by atoms with Gasteiger partial charge in [-0.2, -0.15) is 0 Å². The molecule has 0 heterocycles. The molecule has 0 bridgehead atoms. The van der Waals surface area contributed by atoms with Gasteiger partial charge in [0.15, 0.2) is 0 Å². The van der Waals surface area contributed by atoms with Gasteiger partial charge in [0.1, 0.15) is 18.1 Å². The van der Waals surface area contributed by atoms with Crippen LogP contribution in [-0.2, 0) is 6.61 Å². The zero-order valence-corrected chi connectivity index (χ0v) is 14.0. The van der Waals surface area contributed by atoms with Crippen LogP contribution in [-0.4, -0.2) is 12.2 Å². The highest BCUT2D eigenvalue weighted by molar-refractivity contribution is 9.10.